The fourth-order valence-corrected chi connectivity index (χ4v) is 1.06. The van der Waals surface area contributed by atoms with Crippen molar-refractivity contribution in [2.45, 2.75) is 6.10 Å². The summed E-state index contributed by atoms with van der Waals surface area (Å²) in [6.07, 6.45) is 1.47. The van der Waals surface area contributed by atoms with Gasteiger partial charge in [-0.2, -0.15) is 5.10 Å². The lowest BCUT2D eigenvalue weighted by molar-refractivity contribution is 0.0207. The number of hydrogen-bond donors (Lipinski definition) is 1. The average molecular weight is 153 g/mol. The van der Waals surface area contributed by atoms with E-state index < -0.39 is 0 Å². The van der Waals surface area contributed by atoms with Crippen molar-refractivity contribution in [2.75, 3.05) is 19.7 Å². The monoisotopic (exact) mass is 153 g/mol. The van der Waals surface area contributed by atoms with Crippen LogP contribution in [0.3, 0.4) is 0 Å². The smallest absolute Gasteiger partial charge is 0.154 e. The van der Waals surface area contributed by atoms with Gasteiger partial charge >= 0.3 is 0 Å². The van der Waals surface area contributed by atoms with Crippen LogP contribution in [-0.2, 0) is 4.74 Å². The Kier molecular flexibility index (Phi) is 1.83. The van der Waals surface area contributed by atoms with E-state index in [0.29, 0.717) is 13.2 Å². The first kappa shape index (κ1) is 6.75. The molecule has 1 radical (unpaired) electrons. The van der Waals surface area contributed by atoms with E-state index in [1.165, 1.54) is 6.33 Å². The zero-order valence-corrected chi connectivity index (χ0v) is 6.03. The average Bonchev–Trinajstić information content (AvgIpc) is 2.58. The number of aromatic nitrogens is 3. The molecule has 5 nitrogen and oxygen atoms in total. The third kappa shape index (κ3) is 1.38. The van der Waals surface area contributed by atoms with Gasteiger partial charge in [0, 0.05) is 13.1 Å². The second kappa shape index (κ2) is 2.98. The Bertz CT molecular complexity index is 204. The summed E-state index contributed by atoms with van der Waals surface area (Å²) in [7, 11) is 0. The molecule has 0 saturated carbocycles. The highest BCUT2D eigenvalue weighted by Gasteiger charge is 2.18. The van der Waals surface area contributed by atoms with Crippen LogP contribution in [0, 0.1) is 0 Å². The number of rotatable bonds is 1. The highest BCUT2D eigenvalue weighted by atomic mass is 16.5. The van der Waals surface area contributed by atoms with Gasteiger partial charge in [0.05, 0.1) is 6.61 Å². The maximum absolute atomic E-state index is 5.39. The quantitative estimate of drug-likeness (QED) is 0.590. The Labute approximate surface area is 64.2 Å². The summed E-state index contributed by atoms with van der Waals surface area (Å²) < 4.78 is 5.39. The van der Waals surface area contributed by atoms with Crippen LogP contribution in [-0.4, -0.2) is 34.9 Å². The molecule has 0 aliphatic carbocycles. The Morgan fingerprint density at radius 2 is 2.64 bits per heavy atom. The first-order chi connectivity index (χ1) is 5.47. The number of morpholine rings is 1. The maximum Gasteiger partial charge on any atom is 0.154 e. The number of nitrogens with one attached hydrogen (secondary N) is 1. The van der Waals surface area contributed by atoms with Crippen LogP contribution in [0.25, 0.3) is 0 Å². The zero-order chi connectivity index (χ0) is 7.52. The summed E-state index contributed by atoms with van der Waals surface area (Å²) in [6, 6.07) is 0. The van der Waals surface area contributed by atoms with Crippen LogP contribution in [0.4, 0.5) is 0 Å². The zero-order valence-electron chi connectivity index (χ0n) is 6.03. The van der Waals surface area contributed by atoms with Crippen molar-refractivity contribution in [1.29, 1.82) is 0 Å². The molecule has 1 aliphatic heterocycles. The summed E-state index contributed by atoms with van der Waals surface area (Å²) in [5.41, 5.74) is 0. The fraction of sp³-hybridized carbons (Fsp3) is 0.667. The van der Waals surface area contributed by atoms with Gasteiger partial charge in [0.1, 0.15) is 12.4 Å². The van der Waals surface area contributed by atoms with Crippen LogP contribution in [0.15, 0.2) is 6.33 Å². The van der Waals surface area contributed by atoms with Gasteiger partial charge in [0.25, 0.3) is 0 Å². The molecule has 5 heteroatoms. The van der Waals surface area contributed by atoms with Gasteiger partial charge in [0.2, 0.25) is 0 Å². The SMILES string of the molecule is c1n[nH]c(C2C[N]CCO2)n1. The molecule has 2 rings (SSSR count). The third-order valence-corrected chi connectivity index (χ3v) is 1.60. The van der Waals surface area contributed by atoms with Crippen molar-refractivity contribution in [3.8, 4) is 0 Å². The second-order valence-electron chi connectivity index (χ2n) is 2.36. The molecule has 0 amide bonds. The second-order valence-corrected chi connectivity index (χ2v) is 2.36. The van der Waals surface area contributed by atoms with Crippen molar-refractivity contribution in [3.05, 3.63) is 12.2 Å². The van der Waals surface area contributed by atoms with E-state index >= 15 is 0 Å². The summed E-state index contributed by atoms with van der Waals surface area (Å²) in [6.45, 7) is 2.17. The van der Waals surface area contributed by atoms with E-state index in [0.717, 1.165) is 12.4 Å². The van der Waals surface area contributed by atoms with E-state index in [4.69, 9.17) is 4.74 Å². The molecule has 1 saturated heterocycles. The highest BCUT2D eigenvalue weighted by molar-refractivity contribution is 4.89. The van der Waals surface area contributed by atoms with Crippen LogP contribution in [0.1, 0.15) is 11.9 Å². The predicted octanol–water partition coefficient (Wildman–Crippen LogP) is -0.520. The van der Waals surface area contributed by atoms with Crippen molar-refractivity contribution < 1.29 is 4.74 Å². The van der Waals surface area contributed by atoms with Crippen molar-refractivity contribution in [3.63, 3.8) is 0 Å². The minimum Gasteiger partial charge on any atom is -0.367 e. The Morgan fingerprint density at radius 1 is 1.64 bits per heavy atom. The standard InChI is InChI=1S/C6H9N4O/c1-2-11-5(3-7-1)6-8-4-9-10-6/h4-5H,1-3H2,(H,8,9,10). The first-order valence-electron chi connectivity index (χ1n) is 3.57. The Balaban J connectivity index is 2.04. The summed E-state index contributed by atoms with van der Waals surface area (Å²) in [5, 5.41) is 10.7. The van der Waals surface area contributed by atoms with E-state index in [-0.39, 0.29) is 6.10 Å². The molecule has 1 aromatic rings. The van der Waals surface area contributed by atoms with Gasteiger partial charge in [0.15, 0.2) is 5.82 Å². The molecule has 1 atom stereocenters. The van der Waals surface area contributed by atoms with Crippen LogP contribution < -0.4 is 5.32 Å². The molecule has 1 aliphatic rings. The van der Waals surface area contributed by atoms with Crippen molar-refractivity contribution >= 4 is 0 Å². The van der Waals surface area contributed by atoms with Gasteiger partial charge in [-0.3, -0.25) is 5.10 Å². The Morgan fingerprint density at radius 3 is 3.27 bits per heavy atom. The number of H-pyrrole nitrogens is 1. The van der Waals surface area contributed by atoms with Gasteiger partial charge in [-0.25, -0.2) is 10.3 Å². The van der Waals surface area contributed by atoms with Crippen LogP contribution in [0.2, 0.25) is 0 Å². The predicted molar refractivity (Wildman–Crippen MR) is 36.9 cm³/mol. The molecule has 2 heterocycles. The summed E-state index contributed by atoms with van der Waals surface area (Å²) in [5.74, 6) is 0.772. The lowest BCUT2D eigenvalue weighted by Crippen LogP contribution is -2.28. The van der Waals surface area contributed by atoms with E-state index in [9.17, 15) is 0 Å². The minimum absolute atomic E-state index is 0.00810. The molecule has 1 fully saturated rings. The molecular weight excluding hydrogens is 144 g/mol. The summed E-state index contributed by atoms with van der Waals surface area (Å²) >= 11 is 0. The van der Waals surface area contributed by atoms with Gasteiger partial charge < -0.3 is 4.74 Å². The van der Waals surface area contributed by atoms with Gasteiger partial charge in [-0.1, -0.05) is 0 Å². The van der Waals surface area contributed by atoms with Crippen molar-refractivity contribution in [1.82, 2.24) is 20.5 Å². The molecule has 11 heavy (non-hydrogen) atoms. The summed E-state index contributed by atoms with van der Waals surface area (Å²) in [4.78, 5) is 3.99. The molecule has 59 valence electrons. The molecule has 1 N–H and O–H groups in total. The van der Waals surface area contributed by atoms with Crippen LogP contribution >= 0.6 is 0 Å². The van der Waals surface area contributed by atoms with E-state index in [1.807, 2.05) is 0 Å². The lowest BCUT2D eigenvalue weighted by Gasteiger charge is -2.19. The number of hydrogen-bond acceptors (Lipinski definition) is 3. The molecule has 0 spiro atoms. The molecule has 1 aromatic heterocycles. The molecule has 0 bridgehead atoms. The van der Waals surface area contributed by atoms with Gasteiger partial charge in [-0.15, -0.1) is 0 Å². The minimum atomic E-state index is -0.00810. The van der Waals surface area contributed by atoms with Gasteiger partial charge in [-0.05, 0) is 0 Å². The largest absolute Gasteiger partial charge is 0.367 e. The first-order valence-corrected chi connectivity index (χ1v) is 3.57. The third-order valence-electron chi connectivity index (χ3n) is 1.60. The Hall–Kier alpha value is -0.940. The normalized spacial score (nSPS) is 25.3. The van der Waals surface area contributed by atoms with E-state index in [1.54, 1.807) is 0 Å². The lowest BCUT2D eigenvalue weighted by atomic mass is 10.3. The number of ether oxygens (including phenoxy) is 1. The highest BCUT2D eigenvalue weighted by Crippen LogP contribution is 2.13. The molecular formula is C6H9N4O. The molecule has 1 unspecified atom stereocenters. The van der Waals surface area contributed by atoms with E-state index in [2.05, 4.69) is 20.5 Å². The topological polar surface area (TPSA) is 64.9 Å². The fourth-order valence-electron chi connectivity index (χ4n) is 1.06. The maximum atomic E-state index is 5.39. The number of aromatic amines is 1. The number of nitrogens with zero attached hydrogens (tertiary/aromatic N) is 3. The van der Waals surface area contributed by atoms with Crippen LogP contribution in [0.5, 0.6) is 0 Å². The van der Waals surface area contributed by atoms with Crippen molar-refractivity contribution in [2.24, 2.45) is 0 Å². The molecule has 0 aromatic carbocycles.